The third-order valence-electron chi connectivity index (χ3n) is 2.06. The Balaban J connectivity index is 2.72. The highest BCUT2D eigenvalue weighted by Gasteiger charge is 2.20. The quantitative estimate of drug-likeness (QED) is 0.839. The second kappa shape index (κ2) is 6.18. The predicted molar refractivity (Wildman–Crippen MR) is 79.7 cm³/mol. The summed E-state index contributed by atoms with van der Waals surface area (Å²) in [5.74, 6) is -0.0106. The maximum atomic E-state index is 12.0. The number of amides is 1. The first-order valence-corrected chi connectivity index (χ1v) is 7.26. The number of halogens is 2. The summed E-state index contributed by atoms with van der Waals surface area (Å²) in [7, 11) is 0. The Morgan fingerprint density at radius 2 is 1.94 bits per heavy atom. The molecule has 0 aliphatic heterocycles. The first-order chi connectivity index (χ1) is 8.19. The van der Waals surface area contributed by atoms with E-state index < -0.39 is 0 Å². The van der Waals surface area contributed by atoms with Crippen LogP contribution in [0.5, 0.6) is 0 Å². The summed E-state index contributed by atoms with van der Waals surface area (Å²) < 4.78 is 0. The lowest BCUT2D eigenvalue weighted by molar-refractivity contribution is -0.121. The first kappa shape index (κ1) is 15.7. The van der Waals surface area contributed by atoms with Crippen LogP contribution in [0.15, 0.2) is 23.1 Å². The van der Waals surface area contributed by atoms with Gasteiger partial charge in [-0.2, -0.15) is 0 Å². The van der Waals surface area contributed by atoms with Gasteiger partial charge in [0, 0.05) is 15.5 Å². The third-order valence-corrected chi connectivity index (χ3v) is 3.90. The summed E-state index contributed by atoms with van der Waals surface area (Å²) in [5.41, 5.74) is -0.232. The Kier molecular flexibility index (Phi) is 5.38. The fourth-order valence-electron chi connectivity index (χ4n) is 1.28. The Bertz CT molecular complexity index is 443. The summed E-state index contributed by atoms with van der Waals surface area (Å²) in [6.07, 6.45) is 0. The minimum Gasteiger partial charge on any atom is -0.351 e. The predicted octanol–water partition coefficient (Wildman–Crippen LogP) is 4.39. The van der Waals surface area contributed by atoms with Crippen molar-refractivity contribution in [3.63, 3.8) is 0 Å². The van der Waals surface area contributed by atoms with E-state index in [9.17, 15) is 4.79 Å². The first-order valence-electron chi connectivity index (χ1n) is 5.63. The molecule has 0 spiro atoms. The van der Waals surface area contributed by atoms with E-state index in [1.165, 1.54) is 11.8 Å². The summed E-state index contributed by atoms with van der Waals surface area (Å²) in [4.78, 5) is 12.8. The van der Waals surface area contributed by atoms with Gasteiger partial charge < -0.3 is 5.32 Å². The molecule has 1 amide bonds. The number of nitrogens with one attached hydrogen (secondary N) is 1. The van der Waals surface area contributed by atoms with Crippen molar-refractivity contribution >= 4 is 40.9 Å². The third kappa shape index (κ3) is 5.09. The number of rotatable bonds is 3. The normalized spacial score (nSPS) is 13.2. The lowest BCUT2D eigenvalue weighted by atomic mass is 10.1. The molecule has 1 atom stereocenters. The second-order valence-corrected chi connectivity index (χ2v) is 7.30. The minimum atomic E-state index is -0.232. The van der Waals surface area contributed by atoms with Gasteiger partial charge in [0.1, 0.15) is 0 Å². The molecule has 0 aliphatic rings. The van der Waals surface area contributed by atoms with Gasteiger partial charge in [0.05, 0.1) is 10.3 Å². The van der Waals surface area contributed by atoms with Gasteiger partial charge in [-0.3, -0.25) is 4.79 Å². The molecule has 1 N–H and O–H groups in total. The smallest absolute Gasteiger partial charge is 0.233 e. The summed E-state index contributed by atoms with van der Waals surface area (Å²) in [5, 5.41) is 3.94. The van der Waals surface area contributed by atoms with Crippen LogP contribution in [0.25, 0.3) is 0 Å². The van der Waals surface area contributed by atoms with Crippen molar-refractivity contribution in [3.05, 3.63) is 28.2 Å². The Labute approximate surface area is 122 Å². The van der Waals surface area contributed by atoms with E-state index in [0.29, 0.717) is 10.0 Å². The molecule has 1 aromatic rings. The van der Waals surface area contributed by atoms with Crippen molar-refractivity contribution in [1.29, 1.82) is 0 Å². The fraction of sp³-hybridized carbons (Fsp3) is 0.462. The molecular formula is C13H17Cl2NOS. The van der Waals surface area contributed by atoms with Crippen molar-refractivity contribution in [2.75, 3.05) is 0 Å². The average molecular weight is 306 g/mol. The van der Waals surface area contributed by atoms with Crippen molar-refractivity contribution in [2.45, 2.75) is 43.4 Å². The lowest BCUT2D eigenvalue weighted by Crippen LogP contribution is -2.44. The molecule has 5 heteroatoms. The van der Waals surface area contributed by atoms with Crippen molar-refractivity contribution in [2.24, 2.45) is 0 Å². The van der Waals surface area contributed by atoms with Crippen LogP contribution in [-0.2, 0) is 4.79 Å². The van der Waals surface area contributed by atoms with Gasteiger partial charge in [-0.15, -0.1) is 11.8 Å². The minimum absolute atomic E-state index is 0.0106. The largest absolute Gasteiger partial charge is 0.351 e. The highest BCUT2D eigenvalue weighted by molar-refractivity contribution is 8.00. The van der Waals surface area contributed by atoms with Crippen LogP contribution in [0.2, 0.25) is 10.0 Å². The molecule has 100 valence electrons. The number of carbonyl (C=O) groups excluding carboxylic acids is 1. The molecular weight excluding hydrogens is 289 g/mol. The molecule has 0 aromatic heterocycles. The Hall–Kier alpha value is -0.380. The molecule has 2 nitrogen and oxygen atoms in total. The van der Waals surface area contributed by atoms with Crippen LogP contribution in [-0.4, -0.2) is 16.7 Å². The molecule has 1 unspecified atom stereocenters. The maximum absolute atomic E-state index is 12.0. The van der Waals surface area contributed by atoms with Crippen LogP contribution in [0.1, 0.15) is 27.7 Å². The summed E-state index contributed by atoms with van der Waals surface area (Å²) >= 11 is 13.4. The zero-order valence-corrected chi connectivity index (χ0v) is 13.2. The molecule has 0 heterocycles. The molecule has 0 bridgehead atoms. The second-order valence-electron chi connectivity index (χ2n) is 5.07. The van der Waals surface area contributed by atoms with Crippen molar-refractivity contribution in [1.82, 2.24) is 5.32 Å². The van der Waals surface area contributed by atoms with Gasteiger partial charge in [0.25, 0.3) is 0 Å². The molecule has 18 heavy (non-hydrogen) atoms. The number of hydrogen-bond donors (Lipinski definition) is 1. The van der Waals surface area contributed by atoms with Gasteiger partial charge in [-0.05, 0) is 45.9 Å². The van der Waals surface area contributed by atoms with E-state index in [1.54, 1.807) is 18.2 Å². The number of thioether (sulfide) groups is 1. The Morgan fingerprint density at radius 3 is 2.50 bits per heavy atom. The maximum Gasteiger partial charge on any atom is 0.233 e. The number of benzene rings is 1. The van der Waals surface area contributed by atoms with Gasteiger partial charge in [0.15, 0.2) is 0 Å². The molecule has 0 fully saturated rings. The standard InChI is InChI=1S/C13H17Cl2NOS/c1-8(12(17)16-13(2,3)4)18-11-7-9(14)5-6-10(11)15/h5-8H,1-4H3,(H,16,17). The Morgan fingerprint density at radius 1 is 1.33 bits per heavy atom. The molecule has 0 saturated heterocycles. The fourth-order valence-corrected chi connectivity index (χ4v) is 2.69. The van der Waals surface area contributed by atoms with Crippen molar-refractivity contribution in [3.8, 4) is 0 Å². The number of hydrogen-bond acceptors (Lipinski definition) is 2. The number of carbonyl (C=O) groups is 1. The highest BCUT2D eigenvalue weighted by atomic mass is 35.5. The van der Waals surface area contributed by atoms with Gasteiger partial charge in [0.2, 0.25) is 5.91 Å². The average Bonchev–Trinajstić information content (AvgIpc) is 2.21. The zero-order valence-electron chi connectivity index (χ0n) is 10.9. The molecule has 1 rings (SSSR count). The van der Waals surface area contributed by atoms with Crippen LogP contribution in [0.4, 0.5) is 0 Å². The van der Waals surface area contributed by atoms with Gasteiger partial charge in [-0.25, -0.2) is 0 Å². The lowest BCUT2D eigenvalue weighted by Gasteiger charge is -2.23. The van der Waals surface area contributed by atoms with E-state index in [1.807, 2.05) is 27.7 Å². The summed E-state index contributed by atoms with van der Waals surface area (Å²) in [6.45, 7) is 7.71. The van der Waals surface area contributed by atoms with Crippen molar-refractivity contribution < 1.29 is 4.79 Å². The monoisotopic (exact) mass is 305 g/mol. The highest BCUT2D eigenvalue weighted by Crippen LogP contribution is 2.32. The molecule has 0 aliphatic carbocycles. The van der Waals surface area contributed by atoms with Crippen LogP contribution in [0, 0.1) is 0 Å². The van der Waals surface area contributed by atoms with E-state index in [4.69, 9.17) is 23.2 Å². The summed E-state index contributed by atoms with van der Waals surface area (Å²) in [6, 6.07) is 5.24. The van der Waals surface area contributed by atoms with E-state index in [-0.39, 0.29) is 16.7 Å². The van der Waals surface area contributed by atoms with Gasteiger partial charge >= 0.3 is 0 Å². The van der Waals surface area contributed by atoms with E-state index >= 15 is 0 Å². The zero-order chi connectivity index (χ0) is 13.9. The molecule has 0 saturated carbocycles. The SMILES string of the molecule is CC(Sc1cc(Cl)ccc1Cl)C(=O)NC(C)(C)C. The topological polar surface area (TPSA) is 29.1 Å². The van der Waals surface area contributed by atoms with Crippen LogP contribution >= 0.6 is 35.0 Å². The van der Waals surface area contributed by atoms with Gasteiger partial charge in [-0.1, -0.05) is 23.2 Å². The molecule has 1 aromatic carbocycles. The molecule has 0 radical (unpaired) electrons. The van der Waals surface area contributed by atoms with E-state index in [2.05, 4.69) is 5.32 Å². The van der Waals surface area contributed by atoms with Crippen LogP contribution in [0.3, 0.4) is 0 Å². The van der Waals surface area contributed by atoms with E-state index in [0.717, 1.165) is 4.90 Å². The van der Waals surface area contributed by atoms with Crippen LogP contribution < -0.4 is 5.32 Å².